The summed E-state index contributed by atoms with van der Waals surface area (Å²) in [5, 5.41) is 3.62. The summed E-state index contributed by atoms with van der Waals surface area (Å²) in [5.74, 6) is 0.528. The van der Waals surface area contributed by atoms with E-state index >= 15 is 0 Å². The van der Waals surface area contributed by atoms with Gasteiger partial charge in [0.15, 0.2) is 0 Å². The highest BCUT2D eigenvalue weighted by Crippen LogP contribution is 2.39. The van der Waals surface area contributed by atoms with Gasteiger partial charge in [-0.25, -0.2) is 9.79 Å². The van der Waals surface area contributed by atoms with Gasteiger partial charge in [-0.05, 0) is 55.7 Å². The lowest BCUT2D eigenvalue weighted by molar-refractivity contribution is 0.102. The van der Waals surface area contributed by atoms with Crippen molar-refractivity contribution in [2.24, 2.45) is 4.99 Å². The molecule has 0 unspecified atom stereocenters. The molecule has 0 fully saturated rings. The molecule has 1 aromatic heterocycles. The maximum absolute atomic E-state index is 13.4. The van der Waals surface area contributed by atoms with E-state index in [0.717, 1.165) is 33.0 Å². The molecule has 1 N–H and O–H groups in total. The van der Waals surface area contributed by atoms with E-state index in [1.54, 1.807) is 25.1 Å². The van der Waals surface area contributed by atoms with Crippen molar-refractivity contribution in [3.05, 3.63) is 75.7 Å². The third-order valence-electron chi connectivity index (χ3n) is 5.53. The van der Waals surface area contributed by atoms with Crippen LogP contribution in [0.1, 0.15) is 38.8 Å². The Morgan fingerprint density at radius 3 is 2.74 bits per heavy atom. The molecular weight excluding hydrogens is 450 g/mol. The van der Waals surface area contributed by atoms with Crippen LogP contribution in [0.4, 0.5) is 15.5 Å². The molecule has 176 valence electrons. The number of carbonyl (C=O) groups excluding carboxylic acids is 2. The number of nitrogens with one attached hydrogen (secondary N) is 1. The first-order chi connectivity index (χ1) is 16.5. The standard InChI is InChI=1S/C26H27N3O4S/c1-4-33-26(31)29-13-12-21-22(16-29)34-25(27-15-18-6-5-7-20(14-18)32-3)23(21)24(30)28-19-10-8-17(2)9-11-19/h5-11,14-15H,4,12-13,16H2,1-3H3,(H,28,30)/b27-15+. The van der Waals surface area contributed by atoms with Gasteiger partial charge in [0.05, 0.1) is 25.8 Å². The zero-order valence-corrected chi connectivity index (χ0v) is 20.3. The highest BCUT2D eigenvalue weighted by atomic mass is 32.1. The SMILES string of the molecule is CCOC(=O)N1CCc2c(sc(/N=C/c3cccc(OC)c3)c2C(=O)Nc2ccc(C)cc2)C1. The monoisotopic (exact) mass is 477 g/mol. The van der Waals surface area contributed by atoms with E-state index in [1.807, 2.05) is 55.5 Å². The van der Waals surface area contributed by atoms with E-state index in [0.29, 0.717) is 36.7 Å². The highest BCUT2D eigenvalue weighted by Gasteiger charge is 2.30. The average Bonchev–Trinajstić information content (AvgIpc) is 3.22. The van der Waals surface area contributed by atoms with Gasteiger partial charge in [0, 0.05) is 23.3 Å². The van der Waals surface area contributed by atoms with Gasteiger partial charge in [-0.2, -0.15) is 0 Å². The van der Waals surface area contributed by atoms with Crippen LogP contribution in [0.2, 0.25) is 0 Å². The molecule has 7 nitrogen and oxygen atoms in total. The van der Waals surface area contributed by atoms with E-state index in [-0.39, 0.29) is 12.0 Å². The van der Waals surface area contributed by atoms with E-state index in [9.17, 15) is 9.59 Å². The number of nitrogens with zero attached hydrogens (tertiary/aromatic N) is 2. The lowest BCUT2D eigenvalue weighted by Gasteiger charge is -2.26. The highest BCUT2D eigenvalue weighted by molar-refractivity contribution is 7.16. The molecule has 0 spiro atoms. The minimum Gasteiger partial charge on any atom is -0.497 e. The van der Waals surface area contributed by atoms with Crippen LogP contribution in [-0.2, 0) is 17.7 Å². The number of amides is 2. The molecule has 0 bridgehead atoms. The quantitative estimate of drug-likeness (QED) is 0.470. The Bertz CT molecular complexity index is 1220. The molecule has 2 amide bonds. The second kappa shape index (κ2) is 10.5. The fourth-order valence-electron chi connectivity index (χ4n) is 3.77. The summed E-state index contributed by atoms with van der Waals surface area (Å²) in [6, 6.07) is 15.2. The number of aliphatic imine (C=N–C) groups is 1. The van der Waals surface area contributed by atoms with Gasteiger partial charge in [-0.15, -0.1) is 11.3 Å². The summed E-state index contributed by atoms with van der Waals surface area (Å²) in [5.41, 5.74) is 4.20. The molecule has 0 saturated carbocycles. The number of ether oxygens (including phenoxy) is 2. The van der Waals surface area contributed by atoms with Gasteiger partial charge in [-0.3, -0.25) is 4.79 Å². The Kier molecular flexibility index (Phi) is 7.27. The average molecular weight is 478 g/mol. The van der Waals surface area contributed by atoms with Crippen LogP contribution in [0.3, 0.4) is 0 Å². The molecular formula is C26H27N3O4S. The van der Waals surface area contributed by atoms with E-state index in [1.165, 1.54) is 11.3 Å². The Morgan fingerprint density at radius 1 is 1.21 bits per heavy atom. The first kappa shape index (κ1) is 23.5. The van der Waals surface area contributed by atoms with Gasteiger partial charge < -0.3 is 19.7 Å². The Labute approximate surface area is 203 Å². The Balaban J connectivity index is 1.67. The van der Waals surface area contributed by atoms with Crippen LogP contribution in [-0.4, -0.2) is 43.4 Å². The molecule has 3 aromatic rings. The third kappa shape index (κ3) is 5.28. The van der Waals surface area contributed by atoms with Crippen molar-refractivity contribution in [1.82, 2.24) is 4.90 Å². The van der Waals surface area contributed by atoms with Crippen LogP contribution < -0.4 is 10.1 Å². The number of methoxy groups -OCH3 is 1. The molecule has 1 aliphatic rings. The summed E-state index contributed by atoms with van der Waals surface area (Å²) >= 11 is 1.43. The van der Waals surface area contributed by atoms with Crippen molar-refractivity contribution in [3.8, 4) is 5.75 Å². The second-order valence-electron chi connectivity index (χ2n) is 7.91. The predicted octanol–water partition coefficient (Wildman–Crippen LogP) is 5.58. The summed E-state index contributed by atoms with van der Waals surface area (Å²) in [6.07, 6.45) is 1.95. The van der Waals surface area contributed by atoms with Crippen molar-refractivity contribution >= 4 is 40.2 Å². The number of anilines is 1. The molecule has 0 saturated heterocycles. The Morgan fingerprint density at radius 2 is 2.00 bits per heavy atom. The third-order valence-corrected chi connectivity index (χ3v) is 6.65. The zero-order chi connectivity index (χ0) is 24.1. The molecule has 34 heavy (non-hydrogen) atoms. The molecule has 2 heterocycles. The number of carbonyl (C=O) groups is 2. The zero-order valence-electron chi connectivity index (χ0n) is 19.5. The molecule has 4 rings (SSSR count). The van der Waals surface area contributed by atoms with Gasteiger partial charge >= 0.3 is 6.09 Å². The van der Waals surface area contributed by atoms with Gasteiger partial charge in [-0.1, -0.05) is 29.8 Å². The van der Waals surface area contributed by atoms with Crippen molar-refractivity contribution < 1.29 is 19.1 Å². The number of aryl methyl sites for hydroxylation is 1. The summed E-state index contributed by atoms with van der Waals surface area (Å²) in [6.45, 7) is 5.01. The van der Waals surface area contributed by atoms with Crippen LogP contribution in [0.15, 0.2) is 53.5 Å². The minimum atomic E-state index is -0.339. The number of hydrogen-bond donors (Lipinski definition) is 1. The maximum atomic E-state index is 13.4. The van der Waals surface area contributed by atoms with Crippen LogP contribution in [0, 0.1) is 6.92 Å². The fourth-order valence-corrected chi connectivity index (χ4v) is 4.97. The van der Waals surface area contributed by atoms with E-state index < -0.39 is 0 Å². The first-order valence-electron chi connectivity index (χ1n) is 11.1. The number of hydrogen-bond acceptors (Lipinski definition) is 6. The van der Waals surface area contributed by atoms with Crippen LogP contribution in [0.5, 0.6) is 5.75 Å². The van der Waals surface area contributed by atoms with Gasteiger partial charge in [0.2, 0.25) is 0 Å². The van der Waals surface area contributed by atoms with Crippen molar-refractivity contribution in [3.63, 3.8) is 0 Å². The normalized spacial score (nSPS) is 13.0. The molecule has 0 radical (unpaired) electrons. The smallest absolute Gasteiger partial charge is 0.410 e. The molecule has 2 aromatic carbocycles. The van der Waals surface area contributed by atoms with E-state index in [2.05, 4.69) is 10.3 Å². The maximum Gasteiger partial charge on any atom is 0.410 e. The molecule has 8 heteroatoms. The number of thiophene rings is 1. The van der Waals surface area contributed by atoms with Crippen molar-refractivity contribution in [2.45, 2.75) is 26.8 Å². The van der Waals surface area contributed by atoms with Gasteiger partial charge in [0.1, 0.15) is 10.8 Å². The summed E-state index contributed by atoms with van der Waals surface area (Å²) in [7, 11) is 1.62. The van der Waals surface area contributed by atoms with Crippen molar-refractivity contribution in [1.29, 1.82) is 0 Å². The molecule has 0 aliphatic carbocycles. The van der Waals surface area contributed by atoms with Crippen LogP contribution in [0.25, 0.3) is 0 Å². The molecule has 0 atom stereocenters. The molecule has 1 aliphatic heterocycles. The topological polar surface area (TPSA) is 80.2 Å². The first-order valence-corrected chi connectivity index (χ1v) is 11.9. The second-order valence-corrected chi connectivity index (χ2v) is 8.99. The van der Waals surface area contributed by atoms with Crippen molar-refractivity contribution in [2.75, 3.05) is 25.6 Å². The fraction of sp³-hybridized carbons (Fsp3) is 0.269. The summed E-state index contributed by atoms with van der Waals surface area (Å²) < 4.78 is 10.5. The predicted molar refractivity (Wildman–Crippen MR) is 135 cm³/mol. The lowest BCUT2D eigenvalue weighted by atomic mass is 10.0. The lowest BCUT2D eigenvalue weighted by Crippen LogP contribution is -2.36. The van der Waals surface area contributed by atoms with E-state index in [4.69, 9.17) is 9.47 Å². The Hall–Kier alpha value is -3.65. The van der Waals surface area contributed by atoms with Gasteiger partial charge in [0.25, 0.3) is 5.91 Å². The number of benzene rings is 2. The van der Waals surface area contributed by atoms with Crippen LogP contribution >= 0.6 is 11.3 Å². The minimum absolute atomic E-state index is 0.205. The number of fused-ring (bicyclic) bond motifs is 1. The largest absolute Gasteiger partial charge is 0.497 e. The number of rotatable bonds is 6. The summed E-state index contributed by atoms with van der Waals surface area (Å²) in [4.78, 5) is 32.9.